The molecule has 2 aromatic rings. The molecule has 0 aromatic heterocycles. The monoisotopic (exact) mass is 268 g/mol. The number of rotatable bonds is 5. The van der Waals surface area contributed by atoms with Crippen LogP contribution in [-0.2, 0) is 6.54 Å². The van der Waals surface area contributed by atoms with Crippen LogP contribution in [0.5, 0.6) is 0 Å². The third kappa shape index (κ3) is 3.40. The Morgan fingerprint density at radius 1 is 1.05 bits per heavy atom. The second-order valence-corrected chi connectivity index (χ2v) is 5.38. The zero-order valence-corrected chi connectivity index (χ0v) is 12.6. The van der Waals surface area contributed by atoms with E-state index in [2.05, 4.69) is 68.1 Å². The summed E-state index contributed by atoms with van der Waals surface area (Å²) in [5.41, 5.74) is 11.4. The number of benzene rings is 2. The highest BCUT2D eigenvalue weighted by Crippen LogP contribution is 2.24. The van der Waals surface area contributed by atoms with Crippen molar-refractivity contribution in [3.63, 3.8) is 0 Å². The summed E-state index contributed by atoms with van der Waals surface area (Å²) in [5.74, 6) is 0. The highest BCUT2D eigenvalue weighted by molar-refractivity contribution is 5.55. The maximum Gasteiger partial charge on any atom is 0.0772 e. The standard InChI is InChI=1S/C18H24N2/c1-4-18(19)20(13-16-8-6-5-7-9-16)17-11-10-14(2)12-15(17)3/h5-12,18H,4,13,19H2,1-3H3. The molecule has 2 nitrogen and oxygen atoms in total. The number of aryl methyl sites for hydroxylation is 2. The van der Waals surface area contributed by atoms with E-state index in [4.69, 9.17) is 5.73 Å². The maximum atomic E-state index is 6.33. The molecule has 0 aliphatic carbocycles. The first-order valence-electron chi connectivity index (χ1n) is 7.25. The fourth-order valence-electron chi connectivity index (χ4n) is 2.51. The van der Waals surface area contributed by atoms with Crippen LogP contribution in [0.2, 0.25) is 0 Å². The lowest BCUT2D eigenvalue weighted by atomic mass is 10.1. The first-order chi connectivity index (χ1) is 9.61. The minimum atomic E-state index is 0.0385. The predicted octanol–water partition coefficient (Wildman–Crippen LogP) is 4.00. The number of nitrogens with zero attached hydrogens (tertiary/aromatic N) is 1. The van der Waals surface area contributed by atoms with Crippen LogP contribution in [0, 0.1) is 13.8 Å². The minimum absolute atomic E-state index is 0.0385. The molecule has 0 saturated heterocycles. The van der Waals surface area contributed by atoms with Crippen molar-refractivity contribution in [3.05, 3.63) is 65.2 Å². The molecule has 2 heteroatoms. The van der Waals surface area contributed by atoms with Crippen LogP contribution in [0.4, 0.5) is 5.69 Å². The molecular formula is C18H24N2. The Morgan fingerprint density at radius 2 is 1.75 bits per heavy atom. The average Bonchev–Trinajstić information content (AvgIpc) is 2.46. The van der Waals surface area contributed by atoms with Crippen molar-refractivity contribution >= 4 is 5.69 Å². The normalized spacial score (nSPS) is 12.2. The van der Waals surface area contributed by atoms with Gasteiger partial charge in [-0.05, 0) is 37.5 Å². The zero-order valence-electron chi connectivity index (χ0n) is 12.6. The number of nitrogens with two attached hydrogens (primary N) is 1. The van der Waals surface area contributed by atoms with Crippen molar-refractivity contribution in [1.29, 1.82) is 0 Å². The summed E-state index contributed by atoms with van der Waals surface area (Å²) in [7, 11) is 0. The Hall–Kier alpha value is -1.80. The van der Waals surface area contributed by atoms with Crippen LogP contribution >= 0.6 is 0 Å². The van der Waals surface area contributed by atoms with Gasteiger partial charge < -0.3 is 10.6 Å². The van der Waals surface area contributed by atoms with Gasteiger partial charge in [-0.25, -0.2) is 0 Å². The SMILES string of the molecule is CCC(N)N(Cc1ccccc1)c1ccc(C)cc1C. The molecule has 0 amide bonds. The molecule has 0 aliphatic heterocycles. The molecule has 0 bridgehead atoms. The summed E-state index contributed by atoms with van der Waals surface area (Å²) in [6.07, 6.45) is 0.969. The van der Waals surface area contributed by atoms with Gasteiger partial charge >= 0.3 is 0 Å². The molecule has 0 aliphatic rings. The third-order valence-corrected chi connectivity index (χ3v) is 3.68. The van der Waals surface area contributed by atoms with Crippen molar-refractivity contribution in [2.24, 2.45) is 5.73 Å². The highest BCUT2D eigenvalue weighted by Gasteiger charge is 2.15. The first-order valence-corrected chi connectivity index (χ1v) is 7.25. The molecule has 0 heterocycles. The van der Waals surface area contributed by atoms with E-state index in [1.165, 1.54) is 22.4 Å². The Morgan fingerprint density at radius 3 is 2.35 bits per heavy atom. The van der Waals surface area contributed by atoms with Crippen molar-refractivity contribution in [2.75, 3.05) is 4.90 Å². The summed E-state index contributed by atoms with van der Waals surface area (Å²) in [5, 5.41) is 0. The number of hydrogen-bond acceptors (Lipinski definition) is 2. The van der Waals surface area contributed by atoms with E-state index in [9.17, 15) is 0 Å². The van der Waals surface area contributed by atoms with Gasteiger partial charge in [0.05, 0.1) is 6.17 Å². The second kappa shape index (κ2) is 6.58. The van der Waals surface area contributed by atoms with Crippen LogP contribution in [0.25, 0.3) is 0 Å². The van der Waals surface area contributed by atoms with Gasteiger partial charge in [0, 0.05) is 12.2 Å². The fourth-order valence-corrected chi connectivity index (χ4v) is 2.51. The summed E-state index contributed by atoms with van der Waals surface area (Å²) in [4.78, 5) is 2.30. The van der Waals surface area contributed by atoms with E-state index < -0.39 is 0 Å². The lowest BCUT2D eigenvalue weighted by Gasteiger charge is -2.32. The molecule has 1 unspecified atom stereocenters. The molecule has 1 atom stereocenters. The molecule has 0 fully saturated rings. The number of anilines is 1. The molecular weight excluding hydrogens is 244 g/mol. The van der Waals surface area contributed by atoms with E-state index in [-0.39, 0.29) is 6.17 Å². The highest BCUT2D eigenvalue weighted by atomic mass is 15.2. The van der Waals surface area contributed by atoms with E-state index >= 15 is 0 Å². The molecule has 20 heavy (non-hydrogen) atoms. The topological polar surface area (TPSA) is 29.3 Å². The van der Waals surface area contributed by atoms with Crippen molar-refractivity contribution in [1.82, 2.24) is 0 Å². The van der Waals surface area contributed by atoms with Gasteiger partial charge in [-0.15, -0.1) is 0 Å². The Balaban J connectivity index is 2.32. The Bertz CT molecular complexity index is 549. The lowest BCUT2D eigenvalue weighted by molar-refractivity contribution is 0.589. The van der Waals surface area contributed by atoms with E-state index in [1.807, 2.05) is 6.07 Å². The lowest BCUT2D eigenvalue weighted by Crippen LogP contribution is -2.41. The first kappa shape index (κ1) is 14.6. The maximum absolute atomic E-state index is 6.33. The molecule has 2 aromatic carbocycles. The average molecular weight is 268 g/mol. The van der Waals surface area contributed by atoms with E-state index in [0.717, 1.165) is 13.0 Å². The Kier molecular flexibility index (Phi) is 4.80. The molecule has 0 spiro atoms. The second-order valence-electron chi connectivity index (χ2n) is 5.38. The van der Waals surface area contributed by atoms with Gasteiger partial charge in [0.25, 0.3) is 0 Å². The molecule has 0 saturated carbocycles. The van der Waals surface area contributed by atoms with Crippen LogP contribution in [-0.4, -0.2) is 6.17 Å². The summed E-state index contributed by atoms with van der Waals surface area (Å²) in [6.45, 7) is 7.26. The minimum Gasteiger partial charge on any atom is -0.352 e. The Labute approximate surface area is 122 Å². The molecule has 2 N–H and O–H groups in total. The summed E-state index contributed by atoms with van der Waals surface area (Å²) in [6, 6.07) is 17.1. The van der Waals surface area contributed by atoms with Gasteiger partial charge in [0.15, 0.2) is 0 Å². The zero-order chi connectivity index (χ0) is 14.5. The van der Waals surface area contributed by atoms with Gasteiger partial charge in [-0.3, -0.25) is 0 Å². The van der Waals surface area contributed by atoms with Crippen LogP contribution in [0.15, 0.2) is 48.5 Å². The van der Waals surface area contributed by atoms with Crippen LogP contribution < -0.4 is 10.6 Å². The predicted molar refractivity (Wildman–Crippen MR) is 86.8 cm³/mol. The number of hydrogen-bond donors (Lipinski definition) is 1. The van der Waals surface area contributed by atoms with Gasteiger partial charge in [-0.1, -0.05) is 55.0 Å². The summed E-state index contributed by atoms with van der Waals surface area (Å²) >= 11 is 0. The molecule has 106 valence electrons. The largest absolute Gasteiger partial charge is 0.352 e. The van der Waals surface area contributed by atoms with Gasteiger partial charge in [0.2, 0.25) is 0 Å². The van der Waals surface area contributed by atoms with Crippen LogP contribution in [0.3, 0.4) is 0 Å². The molecule has 2 rings (SSSR count). The van der Waals surface area contributed by atoms with Gasteiger partial charge in [-0.2, -0.15) is 0 Å². The molecule has 0 radical (unpaired) electrons. The fraction of sp³-hybridized carbons (Fsp3) is 0.333. The summed E-state index contributed by atoms with van der Waals surface area (Å²) < 4.78 is 0. The quantitative estimate of drug-likeness (QED) is 0.830. The van der Waals surface area contributed by atoms with Crippen molar-refractivity contribution in [3.8, 4) is 0 Å². The van der Waals surface area contributed by atoms with E-state index in [0.29, 0.717) is 0 Å². The van der Waals surface area contributed by atoms with E-state index in [1.54, 1.807) is 0 Å². The van der Waals surface area contributed by atoms with Crippen LogP contribution in [0.1, 0.15) is 30.0 Å². The van der Waals surface area contributed by atoms with Gasteiger partial charge in [0.1, 0.15) is 0 Å². The van der Waals surface area contributed by atoms with Crippen molar-refractivity contribution in [2.45, 2.75) is 39.9 Å². The van der Waals surface area contributed by atoms with Crippen molar-refractivity contribution < 1.29 is 0 Å². The third-order valence-electron chi connectivity index (χ3n) is 3.68. The smallest absolute Gasteiger partial charge is 0.0772 e.